The molecule has 0 saturated carbocycles. The molecule has 21 heavy (non-hydrogen) atoms. The summed E-state index contributed by atoms with van der Waals surface area (Å²) in [5, 5.41) is 4.31. The first-order valence-electron chi connectivity index (χ1n) is 6.06. The van der Waals surface area contributed by atoms with Gasteiger partial charge >= 0.3 is 12.0 Å². The SMILES string of the molecule is CNC(=O)NC(=O)C(C)Oc1cc(N)ccc1C(=O)OC. The summed E-state index contributed by atoms with van der Waals surface area (Å²) in [7, 11) is 2.60. The molecule has 0 heterocycles. The molecular formula is C13H17N3O5. The maximum absolute atomic E-state index is 11.7. The number of hydrogen-bond acceptors (Lipinski definition) is 6. The Morgan fingerprint density at radius 1 is 1.29 bits per heavy atom. The van der Waals surface area contributed by atoms with Gasteiger partial charge in [-0.15, -0.1) is 0 Å². The smallest absolute Gasteiger partial charge is 0.341 e. The fraction of sp³-hybridized carbons (Fsp3) is 0.308. The zero-order chi connectivity index (χ0) is 16.0. The van der Waals surface area contributed by atoms with Crippen molar-refractivity contribution < 1.29 is 23.9 Å². The second-order valence-corrected chi connectivity index (χ2v) is 4.08. The van der Waals surface area contributed by atoms with Crippen molar-refractivity contribution in [2.45, 2.75) is 13.0 Å². The molecule has 0 saturated heterocycles. The minimum absolute atomic E-state index is 0.0985. The second-order valence-electron chi connectivity index (χ2n) is 4.08. The number of carbonyl (C=O) groups is 3. The highest BCUT2D eigenvalue weighted by Crippen LogP contribution is 2.23. The lowest BCUT2D eigenvalue weighted by molar-refractivity contribution is -0.126. The minimum Gasteiger partial charge on any atom is -0.480 e. The predicted molar refractivity (Wildman–Crippen MR) is 74.9 cm³/mol. The molecule has 1 aromatic carbocycles. The summed E-state index contributed by atoms with van der Waals surface area (Å²) < 4.78 is 10.00. The summed E-state index contributed by atoms with van der Waals surface area (Å²) in [6.45, 7) is 1.43. The molecule has 0 fully saturated rings. The Morgan fingerprint density at radius 2 is 1.95 bits per heavy atom. The van der Waals surface area contributed by atoms with Crippen molar-refractivity contribution in [1.29, 1.82) is 0 Å². The maximum Gasteiger partial charge on any atom is 0.341 e. The summed E-state index contributed by atoms with van der Waals surface area (Å²) >= 11 is 0. The largest absolute Gasteiger partial charge is 0.480 e. The van der Waals surface area contributed by atoms with Crippen molar-refractivity contribution in [2.75, 3.05) is 19.9 Å². The Balaban J connectivity index is 2.91. The van der Waals surface area contributed by atoms with E-state index in [9.17, 15) is 14.4 Å². The van der Waals surface area contributed by atoms with Gasteiger partial charge in [-0.2, -0.15) is 0 Å². The van der Waals surface area contributed by atoms with Crippen molar-refractivity contribution in [3.63, 3.8) is 0 Å². The Bertz CT molecular complexity index is 559. The molecule has 1 unspecified atom stereocenters. The van der Waals surface area contributed by atoms with E-state index >= 15 is 0 Å². The van der Waals surface area contributed by atoms with Gasteiger partial charge in [0, 0.05) is 18.8 Å². The number of methoxy groups -OCH3 is 1. The Morgan fingerprint density at radius 3 is 2.52 bits per heavy atom. The Kier molecular flexibility index (Phi) is 5.53. The molecule has 0 radical (unpaired) electrons. The van der Waals surface area contributed by atoms with Gasteiger partial charge in [0.1, 0.15) is 11.3 Å². The van der Waals surface area contributed by atoms with E-state index in [1.807, 2.05) is 0 Å². The lowest BCUT2D eigenvalue weighted by Crippen LogP contribution is -2.44. The van der Waals surface area contributed by atoms with Gasteiger partial charge < -0.3 is 20.5 Å². The number of ether oxygens (including phenoxy) is 2. The zero-order valence-electron chi connectivity index (χ0n) is 11.9. The number of rotatable bonds is 4. The van der Waals surface area contributed by atoms with Crippen LogP contribution < -0.4 is 21.1 Å². The molecule has 8 heteroatoms. The van der Waals surface area contributed by atoms with Crippen LogP contribution in [0.15, 0.2) is 18.2 Å². The first-order chi connectivity index (χ1) is 9.88. The van der Waals surface area contributed by atoms with Gasteiger partial charge in [0.25, 0.3) is 5.91 Å². The molecule has 1 rings (SSSR count). The molecule has 4 N–H and O–H groups in total. The van der Waals surface area contributed by atoms with Gasteiger partial charge in [-0.1, -0.05) is 0 Å². The Hall–Kier alpha value is -2.77. The van der Waals surface area contributed by atoms with Gasteiger partial charge in [0.2, 0.25) is 0 Å². The summed E-state index contributed by atoms with van der Waals surface area (Å²) in [4.78, 5) is 34.4. The van der Waals surface area contributed by atoms with Crippen LogP contribution in [0.1, 0.15) is 17.3 Å². The van der Waals surface area contributed by atoms with E-state index in [2.05, 4.69) is 15.4 Å². The first-order valence-corrected chi connectivity index (χ1v) is 6.06. The van der Waals surface area contributed by atoms with Gasteiger partial charge in [0.15, 0.2) is 6.10 Å². The van der Waals surface area contributed by atoms with Crippen LogP contribution in [-0.2, 0) is 9.53 Å². The van der Waals surface area contributed by atoms with E-state index in [1.54, 1.807) is 0 Å². The lowest BCUT2D eigenvalue weighted by Gasteiger charge is -2.16. The number of nitrogen functional groups attached to an aromatic ring is 1. The molecule has 3 amide bonds. The number of anilines is 1. The van der Waals surface area contributed by atoms with E-state index in [4.69, 9.17) is 10.5 Å². The van der Waals surface area contributed by atoms with E-state index in [0.29, 0.717) is 5.69 Å². The maximum atomic E-state index is 11.7. The van der Waals surface area contributed by atoms with Gasteiger partial charge in [0.05, 0.1) is 7.11 Å². The Labute approximate surface area is 121 Å². The average Bonchev–Trinajstić information content (AvgIpc) is 2.46. The van der Waals surface area contributed by atoms with E-state index in [1.165, 1.54) is 39.3 Å². The third-order valence-corrected chi connectivity index (χ3v) is 2.55. The van der Waals surface area contributed by atoms with Gasteiger partial charge in [-0.05, 0) is 19.1 Å². The quantitative estimate of drug-likeness (QED) is 0.542. The highest BCUT2D eigenvalue weighted by Gasteiger charge is 2.21. The van der Waals surface area contributed by atoms with Crippen LogP contribution in [0.2, 0.25) is 0 Å². The normalized spacial score (nSPS) is 11.2. The fourth-order valence-corrected chi connectivity index (χ4v) is 1.44. The number of esters is 1. The van der Waals surface area contributed by atoms with E-state index < -0.39 is 24.0 Å². The highest BCUT2D eigenvalue weighted by atomic mass is 16.5. The fourth-order valence-electron chi connectivity index (χ4n) is 1.44. The minimum atomic E-state index is -1.01. The number of imide groups is 1. The number of amides is 3. The first kappa shape index (κ1) is 16.3. The zero-order valence-corrected chi connectivity index (χ0v) is 11.9. The molecule has 0 aliphatic heterocycles. The average molecular weight is 295 g/mol. The van der Waals surface area contributed by atoms with Crippen molar-refractivity contribution in [2.24, 2.45) is 0 Å². The predicted octanol–water partition coefficient (Wildman–Crippen LogP) is 0.278. The third kappa shape index (κ3) is 4.37. The van der Waals surface area contributed by atoms with Crippen LogP contribution in [0, 0.1) is 0 Å². The van der Waals surface area contributed by atoms with Crippen molar-refractivity contribution >= 4 is 23.6 Å². The van der Waals surface area contributed by atoms with Crippen LogP contribution in [-0.4, -0.2) is 38.2 Å². The number of benzene rings is 1. The molecule has 114 valence electrons. The molecule has 0 aliphatic carbocycles. The number of urea groups is 1. The van der Waals surface area contributed by atoms with Crippen LogP contribution in [0.25, 0.3) is 0 Å². The van der Waals surface area contributed by atoms with Crippen molar-refractivity contribution in [3.8, 4) is 5.75 Å². The van der Waals surface area contributed by atoms with Crippen molar-refractivity contribution in [1.82, 2.24) is 10.6 Å². The standard InChI is InChI=1S/C13H17N3O5/c1-7(11(17)16-13(19)15-2)21-10-6-8(14)4-5-9(10)12(18)20-3/h4-7H,14H2,1-3H3,(H2,15,16,17,19). The van der Waals surface area contributed by atoms with Crippen molar-refractivity contribution in [3.05, 3.63) is 23.8 Å². The molecule has 0 bridgehead atoms. The lowest BCUT2D eigenvalue weighted by atomic mass is 10.2. The third-order valence-electron chi connectivity index (χ3n) is 2.55. The van der Waals surface area contributed by atoms with Crippen LogP contribution in [0.5, 0.6) is 5.75 Å². The number of hydrogen-bond donors (Lipinski definition) is 3. The molecule has 0 aromatic heterocycles. The van der Waals surface area contributed by atoms with Crippen LogP contribution in [0.4, 0.5) is 10.5 Å². The van der Waals surface area contributed by atoms with E-state index in [-0.39, 0.29) is 11.3 Å². The van der Waals surface area contributed by atoms with Gasteiger partial charge in [-0.25, -0.2) is 9.59 Å². The topological polar surface area (TPSA) is 120 Å². The number of carbonyl (C=O) groups excluding carboxylic acids is 3. The van der Waals surface area contributed by atoms with Gasteiger partial charge in [-0.3, -0.25) is 10.1 Å². The summed E-state index contributed by atoms with van der Waals surface area (Å²) in [5.74, 6) is -1.18. The van der Waals surface area contributed by atoms with Crippen LogP contribution in [0.3, 0.4) is 0 Å². The second kappa shape index (κ2) is 7.13. The summed E-state index contributed by atoms with van der Waals surface area (Å²) in [5.41, 5.74) is 6.12. The number of nitrogens with two attached hydrogens (primary N) is 1. The summed E-state index contributed by atoms with van der Waals surface area (Å²) in [6, 6.07) is 3.68. The number of nitrogens with one attached hydrogen (secondary N) is 2. The summed E-state index contributed by atoms with van der Waals surface area (Å²) in [6.07, 6.45) is -1.01. The highest BCUT2D eigenvalue weighted by molar-refractivity contribution is 5.97. The molecular weight excluding hydrogens is 278 g/mol. The molecule has 0 aliphatic rings. The van der Waals surface area contributed by atoms with E-state index in [0.717, 1.165) is 0 Å². The molecule has 1 atom stereocenters. The monoisotopic (exact) mass is 295 g/mol. The molecule has 0 spiro atoms. The molecule has 1 aromatic rings. The van der Waals surface area contributed by atoms with Crippen LogP contribution >= 0.6 is 0 Å². The molecule has 8 nitrogen and oxygen atoms in total.